The number of halogens is 2. The van der Waals surface area contributed by atoms with Crippen molar-refractivity contribution in [3.05, 3.63) is 87.8 Å². The number of carbonyl (C=O) groups excluding carboxylic acids is 1. The van der Waals surface area contributed by atoms with Crippen LogP contribution in [0.3, 0.4) is 0 Å². The summed E-state index contributed by atoms with van der Waals surface area (Å²) in [5.74, 6) is 1.66. The van der Waals surface area contributed by atoms with Crippen LogP contribution in [0.1, 0.15) is 49.7 Å². The Balaban J connectivity index is 1.30. The van der Waals surface area contributed by atoms with Gasteiger partial charge in [-0.05, 0) is 103 Å². The molecule has 0 spiro atoms. The molecule has 2 aliphatic rings. The number of carbonyl (C=O) groups is 1. The summed E-state index contributed by atoms with van der Waals surface area (Å²) in [6.45, 7) is 1.99. The lowest BCUT2D eigenvalue weighted by molar-refractivity contribution is -0.115. The number of allylic oxidation sites excluding steroid dienone is 2. The average molecular weight is 434 g/mol. The number of aromatic nitrogens is 1. The summed E-state index contributed by atoms with van der Waals surface area (Å²) in [5, 5.41) is 1.63. The molecule has 5 rings (SSSR count). The van der Waals surface area contributed by atoms with Crippen molar-refractivity contribution in [1.29, 1.82) is 0 Å². The molecule has 0 aliphatic heterocycles. The van der Waals surface area contributed by atoms with E-state index in [0.717, 1.165) is 47.7 Å². The molecule has 0 amide bonds. The molecule has 3 atom stereocenters. The maximum Gasteiger partial charge on any atom is 0.162 e. The Labute approximate surface area is 187 Å². The van der Waals surface area contributed by atoms with E-state index in [2.05, 4.69) is 11.1 Å². The van der Waals surface area contributed by atoms with E-state index in [1.54, 1.807) is 12.1 Å². The van der Waals surface area contributed by atoms with Crippen molar-refractivity contribution >= 4 is 28.3 Å². The summed E-state index contributed by atoms with van der Waals surface area (Å²) in [5.41, 5.74) is 5.36. The molecule has 1 aromatic heterocycles. The molecule has 2 saturated carbocycles. The number of fused-ring (bicyclic) bond motifs is 2. The molecule has 2 aliphatic carbocycles. The fourth-order valence-corrected chi connectivity index (χ4v) is 5.73. The van der Waals surface area contributed by atoms with Crippen LogP contribution in [0.2, 0.25) is 5.02 Å². The number of benzene rings is 2. The number of rotatable bonds is 4. The lowest BCUT2D eigenvalue weighted by Gasteiger charge is -2.15. The van der Waals surface area contributed by atoms with Crippen molar-refractivity contribution in [3.8, 4) is 0 Å². The highest BCUT2D eigenvalue weighted by Gasteiger charge is 2.41. The lowest BCUT2D eigenvalue weighted by Crippen LogP contribution is -2.07. The van der Waals surface area contributed by atoms with Gasteiger partial charge >= 0.3 is 0 Å². The Morgan fingerprint density at radius 3 is 2.48 bits per heavy atom. The average Bonchev–Trinajstić information content (AvgIpc) is 3.33. The second-order valence-electron chi connectivity index (χ2n) is 9.11. The summed E-state index contributed by atoms with van der Waals surface area (Å²) in [7, 11) is 0. The molecule has 2 aromatic carbocycles. The number of pyridine rings is 1. The Morgan fingerprint density at radius 2 is 1.77 bits per heavy atom. The van der Waals surface area contributed by atoms with Gasteiger partial charge in [0.1, 0.15) is 5.82 Å². The molecule has 0 N–H and O–H groups in total. The number of Topliss-reactive ketones (excluding diaryl/α,β-unsaturated/α-hetero) is 1. The Hall–Kier alpha value is -2.52. The van der Waals surface area contributed by atoms with Crippen LogP contribution in [0.25, 0.3) is 10.9 Å². The van der Waals surface area contributed by atoms with Crippen LogP contribution in [0.15, 0.2) is 65.9 Å². The first-order valence-corrected chi connectivity index (χ1v) is 11.4. The van der Waals surface area contributed by atoms with E-state index in [0.29, 0.717) is 29.2 Å². The summed E-state index contributed by atoms with van der Waals surface area (Å²) in [4.78, 5) is 17.2. The van der Waals surface area contributed by atoms with Gasteiger partial charge in [0.2, 0.25) is 0 Å². The van der Waals surface area contributed by atoms with Gasteiger partial charge in [-0.3, -0.25) is 9.78 Å². The van der Waals surface area contributed by atoms with Crippen molar-refractivity contribution in [2.45, 2.75) is 44.9 Å². The van der Waals surface area contributed by atoms with E-state index in [9.17, 15) is 9.18 Å². The van der Waals surface area contributed by atoms with Gasteiger partial charge in [0, 0.05) is 23.0 Å². The Kier molecular flexibility index (Phi) is 5.39. The smallest absolute Gasteiger partial charge is 0.162 e. The molecular weight excluding hydrogens is 409 g/mol. The highest BCUT2D eigenvalue weighted by molar-refractivity contribution is 6.30. The highest BCUT2D eigenvalue weighted by atomic mass is 35.5. The van der Waals surface area contributed by atoms with E-state index in [4.69, 9.17) is 11.6 Å². The molecule has 158 valence electrons. The molecule has 0 saturated heterocycles. The minimum Gasteiger partial charge on any atom is -0.294 e. The number of hydrogen-bond acceptors (Lipinski definition) is 2. The standard InChI is InChI=1S/C27H25ClFNO/c1-16(27(31)10-17-2-4-22(28)5-3-17)18-11-19-13-21(14-20(19)12-18)24-8-9-30-26-7-6-23(29)15-25(24)26/h2-9,15,19-21H,10-14H2,1H3/t19-,20+,21?. The van der Waals surface area contributed by atoms with Gasteiger partial charge < -0.3 is 0 Å². The normalized spacial score (nSPS) is 24.4. The zero-order valence-corrected chi connectivity index (χ0v) is 18.3. The molecule has 0 radical (unpaired) electrons. The van der Waals surface area contributed by atoms with Gasteiger partial charge in [0.15, 0.2) is 5.78 Å². The fourth-order valence-electron chi connectivity index (χ4n) is 5.60. The Bertz CT molecular complexity index is 1170. The molecule has 31 heavy (non-hydrogen) atoms. The van der Waals surface area contributed by atoms with Gasteiger partial charge in [-0.2, -0.15) is 0 Å². The first-order chi connectivity index (χ1) is 15.0. The zero-order chi connectivity index (χ0) is 21.5. The number of hydrogen-bond donors (Lipinski definition) is 0. The summed E-state index contributed by atoms with van der Waals surface area (Å²) < 4.78 is 13.9. The fraction of sp³-hybridized carbons (Fsp3) is 0.333. The molecule has 2 fully saturated rings. The van der Waals surface area contributed by atoms with Crippen LogP contribution in [0.4, 0.5) is 4.39 Å². The van der Waals surface area contributed by atoms with Gasteiger partial charge in [0.25, 0.3) is 0 Å². The van der Waals surface area contributed by atoms with Crippen molar-refractivity contribution < 1.29 is 9.18 Å². The molecule has 2 nitrogen and oxygen atoms in total. The van der Waals surface area contributed by atoms with E-state index in [1.165, 1.54) is 17.2 Å². The second kappa shape index (κ2) is 8.20. The van der Waals surface area contributed by atoms with Gasteiger partial charge in [0.05, 0.1) is 5.52 Å². The van der Waals surface area contributed by atoms with E-state index >= 15 is 0 Å². The van der Waals surface area contributed by atoms with Crippen LogP contribution in [0.5, 0.6) is 0 Å². The highest BCUT2D eigenvalue weighted by Crippen LogP contribution is 2.53. The molecule has 0 bridgehead atoms. The van der Waals surface area contributed by atoms with Crippen molar-refractivity contribution in [1.82, 2.24) is 4.98 Å². The van der Waals surface area contributed by atoms with Crippen LogP contribution in [-0.4, -0.2) is 10.8 Å². The second-order valence-corrected chi connectivity index (χ2v) is 9.55. The predicted molar refractivity (Wildman–Crippen MR) is 123 cm³/mol. The van der Waals surface area contributed by atoms with E-state index in [-0.39, 0.29) is 11.6 Å². The number of nitrogens with zero attached hydrogens (tertiary/aromatic N) is 1. The molecule has 1 unspecified atom stereocenters. The predicted octanol–water partition coefficient (Wildman–Crippen LogP) is 7.06. The molecule has 1 heterocycles. The number of ketones is 1. The topological polar surface area (TPSA) is 30.0 Å². The summed E-state index contributed by atoms with van der Waals surface area (Å²) in [6, 6.07) is 14.4. The SMILES string of the molecule is CC(C(=O)Cc1ccc(Cl)cc1)=C1C[C@@H]2CC(c3ccnc4ccc(F)cc34)C[C@@H]2C1. The quantitative estimate of drug-likeness (QED) is 0.412. The van der Waals surface area contributed by atoms with Gasteiger partial charge in [-0.1, -0.05) is 29.3 Å². The maximum absolute atomic E-state index is 13.9. The van der Waals surface area contributed by atoms with Crippen molar-refractivity contribution in [3.63, 3.8) is 0 Å². The van der Waals surface area contributed by atoms with Crippen LogP contribution in [0, 0.1) is 17.7 Å². The van der Waals surface area contributed by atoms with Crippen LogP contribution in [-0.2, 0) is 11.2 Å². The molecular formula is C27H25ClFNO. The molecule has 3 aromatic rings. The van der Waals surface area contributed by atoms with Crippen LogP contribution >= 0.6 is 11.6 Å². The third-order valence-corrected chi connectivity index (χ3v) is 7.51. The Morgan fingerprint density at radius 1 is 1.06 bits per heavy atom. The summed E-state index contributed by atoms with van der Waals surface area (Å²) in [6.07, 6.45) is 6.49. The molecule has 4 heteroatoms. The monoisotopic (exact) mass is 433 g/mol. The maximum atomic E-state index is 13.9. The first kappa shape index (κ1) is 20.4. The van der Waals surface area contributed by atoms with E-state index in [1.807, 2.05) is 37.4 Å². The lowest BCUT2D eigenvalue weighted by atomic mass is 9.90. The minimum absolute atomic E-state index is 0.208. The zero-order valence-electron chi connectivity index (χ0n) is 17.6. The van der Waals surface area contributed by atoms with Gasteiger partial charge in [-0.15, -0.1) is 0 Å². The largest absolute Gasteiger partial charge is 0.294 e. The van der Waals surface area contributed by atoms with Crippen molar-refractivity contribution in [2.75, 3.05) is 0 Å². The van der Waals surface area contributed by atoms with Crippen molar-refractivity contribution in [2.24, 2.45) is 11.8 Å². The third kappa shape index (κ3) is 4.04. The van der Waals surface area contributed by atoms with Crippen LogP contribution < -0.4 is 0 Å². The minimum atomic E-state index is -0.208. The third-order valence-electron chi connectivity index (χ3n) is 7.26. The van der Waals surface area contributed by atoms with E-state index < -0.39 is 0 Å². The van der Waals surface area contributed by atoms with Gasteiger partial charge in [-0.25, -0.2) is 4.39 Å². The summed E-state index contributed by atoms with van der Waals surface area (Å²) >= 11 is 5.95. The first-order valence-electron chi connectivity index (χ1n) is 11.0.